The quantitative estimate of drug-likeness (QED) is 0.779. The fourth-order valence-corrected chi connectivity index (χ4v) is 0.175. The fraction of sp³-hybridized carbons (Fsp3) is 0.667. The highest BCUT2D eigenvalue weighted by Crippen LogP contribution is 2.02. The van der Waals surface area contributed by atoms with Crippen molar-refractivity contribution < 1.29 is 19.8 Å². The molecule has 1 unspecified atom stereocenters. The zero-order chi connectivity index (χ0) is 10.1. The largest absolute Gasteiger partial charge is 0.481 e. The topological polar surface area (TPSA) is 74.6 Å². The first-order valence-corrected chi connectivity index (χ1v) is 5.14. The van der Waals surface area contributed by atoms with Crippen molar-refractivity contribution in [1.82, 2.24) is 0 Å². The fourth-order valence-electron chi connectivity index (χ4n) is 0.175. The highest BCUT2D eigenvalue weighted by molar-refractivity contribution is 9.10. The molecule has 0 radical (unpaired) electrons. The maximum atomic E-state index is 9.88. The minimum absolute atomic E-state index is 0.0347. The zero-order valence-electron chi connectivity index (χ0n) is 6.46. The normalized spacial score (nSPS) is 10.9. The molecule has 72 valence electrons. The molecule has 0 aromatic heterocycles. The second-order valence-corrected chi connectivity index (χ2v) is 3.41. The van der Waals surface area contributed by atoms with E-state index in [1.54, 1.807) is 0 Å². The molecular formula is C6H10Br2O4. The second-order valence-electron chi connectivity index (χ2n) is 1.74. The summed E-state index contributed by atoms with van der Waals surface area (Å²) in [6.07, 6.45) is 0.634. The molecule has 0 amide bonds. The van der Waals surface area contributed by atoms with Crippen molar-refractivity contribution in [2.24, 2.45) is 0 Å². The van der Waals surface area contributed by atoms with Crippen molar-refractivity contribution in [3.8, 4) is 0 Å². The lowest BCUT2D eigenvalue weighted by Gasteiger charge is -1.94. The number of aliphatic carboxylic acids is 2. The van der Waals surface area contributed by atoms with Crippen molar-refractivity contribution in [2.45, 2.75) is 18.2 Å². The van der Waals surface area contributed by atoms with Gasteiger partial charge in [0.05, 0.1) is 0 Å². The molecule has 4 nitrogen and oxygen atoms in total. The van der Waals surface area contributed by atoms with Crippen LogP contribution in [0.3, 0.4) is 0 Å². The summed E-state index contributed by atoms with van der Waals surface area (Å²) in [5, 5.41) is 15.8. The molecule has 1 atom stereocenters. The number of carbonyl (C=O) groups is 2. The van der Waals surface area contributed by atoms with E-state index in [0.717, 1.165) is 0 Å². The van der Waals surface area contributed by atoms with Gasteiger partial charge in [0.2, 0.25) is 0 Å². The molecule has 0 aliphatic heterocycles. The summed E-state index contributed by atoms with van der Waals surface area (Å²) in [6.45, 7) is 1.81. The van der Waals surface area contributed by atoms with Crippen LogP contribution in [-0.2, 0) is 9.59 Å². The average molecular weight is 306 g/mol. The van der Waals surface area contributed by atoms with Gasteiger partial charge in [-0.3, -0.25) is 9.59 Å². The van der Waals surface area contributed by atoms with E-state index < -0.39 is 11.9 Å². The van der Waals surface area contributed by atoms with E-state index >= 15 is 0 Å². The molecule has 0 saturated heterocycles. The van der Waals surface area contributed by atoms with Gasteiger partial charge >= 0.3 is 11.9 Å². The molecular weight excluding hydrogens is 296 g/mol. The number of halogens is 2. The zero-order valence-corrected chi connectivity index (χ0v) is 9.63. The van der Waals surface area contributed by atoms with Crippen molar-refractivity contribution in [2.75, 3.05) is 5.33 Å². The first-order chi connectivity index (χ1) is 5.45. The summed E-state index contributed by atoms with van der Waals surface area (Å²) < 4.78 is 0. The summed E-state index contributed by atoms with van der Waals surface area (Å²) in [7, 11) is 0. The van der Waals surface area contributed by atoms with Gasteiger partial charge in [0.15, 0.2) is 0 Å². The molecule has 0 aromatic rings. The summed E-state index contributed by atoms with van der Waals surface area (Å²) >= 11 is 5.66. The van der Waals surface area contributed by atoms with E-state index in [0.29, 0.717) is 6.42 Å². The molecule has 0 aliphatic carbocycles. The molecule has 0 aromatic carbocycles. The molecule has 0 rings (SSSR count). The number of hydrogen-bond acceptors (Lipinski definition) is 2. The van der Waals surface area contributed by atoms with Gasteiger partial charge in [-0.05, 0) is 6.42 Å². The van der Waals surface area contributed by atoms with Gasteiger partial charge < -0.3 is 10.2 Å². The maximum Gasteiger partial charge on any atom is 0.317 e. The van der Waals surface area contributed by atoms with Crippen LogP contribution in [-0.4, -0.2) is 32.3 Å². The smallest absolute Gasteiger partial charge is 0.317 e. The van der Waals surface area contributed by atoms with Crippen LogP contribution < -0.4 is 0 Å². The molecule has 2 N–H and O–H groups in total. The number of rotatable bonds is 3. The highest BCUT2D eigenvalue weighted by Gasteiger charge is 2.07. The van der Waals surface area contributed by atoms with Crippen LogP contribution >= 0.6 is 31.9 Å². The van der Waals surface area contributed by atoms with Crippen LogP contribution in [0.5, 0.6) is 0 Å². The van der Waals surface area contributed by atoms with Crippen LogP contribution in [0.25, 0.3) is 0 Å². The van der Waals surface area contributed by atoms with E-state index in [4.69, 9.17) is 10.2 Å². The Balaban J connectivity index is 0. The third kappa shape index (κ3) is 12.6. The summed E-state index contributed by atoms with van der Waals surface area (Å²) in [4.78, 5) is 18.8. The highest BCUT2D eigenvalue weighted by atomic mass is 79.9. The minimum Gasteiger partial charge on any atom is -0.481 e. The van der Waals surface area contributed by atoms with Gasteiger partial charge in [-0.2, -0.15) is 0 Å². The van der Waals surface area contributed by atoms with Crippen molar-refractivity contribution in [1.29, 1.82) is 0 Å². The molecule has 0 heterocycles. The molecule has 0 spiro atoms. The summed E-state index contributed by atoms with van der Waals surface area (Å²) in [5.74, 6) is -1.62. The van der Waals surface area contributed by atoms with Gasteiger partial charge in [0, 0.05) is 0 Å². The third-order valence-electron chi connectivity index (χ3n) is 0.741. The monoisotopic (exact) mass is 304 g/mol. The van der Waals surface area contributed by atoms with E-state index in [1.165, 1.54) is 0 Å². The van der Waals surface area contributed by atoms with Gasteiger partial charge in [-0.1, -0.05) is 38.8 Å². The van der Waals surface area contributed by atoms with Crippen LogP contribution in [0.15, 0.2) is 0 Å². The predicted octanol–water partition coefficient (Wildman–Crippen LogP) is 1.71. The van der Waals surface area contributed by atoms with Crippen molar-refractivity contribution >= 4 is 43.8 Å². The molecule has 6 heteroatoms. The Morgan fingerprint density at radius 1 is 1.42 bits per heavy atom. The molecule has 0 bridgehead atoms. The Bertz CT molecular complexity index is 148. The molecule has 12 heavy (non-hydrogen) atoms. The summed E-state index contributed by atoms with van der Waals surface area (Å²) in [5.41, 5.74) is 0. The van der Waals surface area contributed by atoms with Crippen LogP contribution in [0.2, 0.25) is 0 Å². The van der Waals surface area contributed by atoms with Gasteiger partial charge in [0.25, 0.3) is 0 Å². The SMILES string of the molecule is CCC(Br)C(=O)O.O=C(O)CBr. The van der Waals surface area contributed by atoms with Crippen molar-refractivity contribution in [3.05, 3.63) is 0 Å². The van der Waals surface area contributed by atoms with Crippen LogP contribution in [0.1, 0.15) is 13.3 Å². The second kappa shape index (κ2) is 8.99. The van der Waals surface area contributed by atoms with Gasteiger partial charge in [-0.25, -0.2) is 0 Å². The first kappa shape index (κ1) is 14.4. The number of carboxylic acid groups (broad SMARTS) is 2. The van der Waals surface area contributed by atoms with E-state index in [1.807, 2.05) is 6.92 Å². The van der Waals surface area contributed by atoms with Crippen LogP contribution in [0, 0.1) is 0 Å². The van der Waals surface area contributed by atoms with Gasteiger partial charge in [0.1, 0.15) is 10.2 Å². The maximum absolute atomic E-state index is 9.88. The average Bonchev–Trinajstić information content (AvgIpc) is 2.04. The Hall–Kier alpha value is -0.100. The van der Waals surface area contributed by atoms with E-state index in [9.17, 15) is 9.59 Å². The lowest BCUT2D eigenvalue weighted by Crippen LogP contribution is -2.09. The third-order valence-corrected chi connectivity index (χ3v) is 2.26. The standard InChI is InChI=1S/C4H7BrO2.C2H3BrO2/c1-2-3(5)4(6)7;3-1-2(4)5/h3H,2H2,1H3,(H,6,7);1H2,(H,4,5). The molecule has 0 saturated carbocycles. The Morgan fingerprint density at radius 2 is 1.75 bits per heavy atom. The Morgan fingerprint density at radius 3 is 1.75 bits per heavy atom. The lowest BCUT2D eigenvalue weighted by molar-refractivity contribution is -0.136. The van der Waals surface area contributed by atoms with Crippen LogP contribution in [0.4, 0.5) is 0 Å². The van der Waals surface area contributed by atoms with E-state index in [2.05, 4.69) is 31.9 Å². The lowest BCUT2D eigenvalue weighted by atomic mass is 10.3. The predicted molar refractivity (Wildman–Crippen MR) is 52.1 cm³/mol. The van der Waals surface area contributed by atoms with Gasteiger partial charge in [-0.15, -0.1) is 0 Å². The first-order valence-electron chi connectivity index (χ1n) is 3.10. The van der Waals surface area contributed by atoms with Crippen molar-refractivity contribution in [3.63, 3.8) is 0 Å². The molecule has 0 fully saturated rings. The number of alkyl halides is 2. The van der Waals surface area contributed by atoms with E-state index in [-0.39, 0.29) is 10.2 Å². The summed E-state index contributed by atoms with van der Waals surface area (Å²) in [6, 6.07) is 0. The Labute approximate surface area is 87.2 Å². The number of hydrogen-bond donors (Lipinski definition) is 2. The molecule has 0 aliphatic rings. The minimum atomic E-state index is -0.829. The Kier molecular flexibility index (Phi) is 10.8. The number of carboxylic acids is 2.